The van der Waals surface area contributed by atoms with Crippen LogP contribution in [0.25, 0.3) is 6.08 Å². The molecule has 6 N–H and O–H groups in total. The van der Waals surface area contributed by atoms with Crippen LogP contribution in [0, 0.1) is 0 Å². The van der Waals surface area contributed by atoms with Crippen molar-refractivity contribution in [3.05, 3.63) is 57.2 Å². The molecule has 200 valence electrons. The number of aliphatic hydroxyl groups excluding tert-OH is 2. The van der Waals surface area contributed by atoms with Crippen LogP contribution in [0.3, 0.4) is 0 Å². The molecule has 0 aromatic heterocycles. The van der Waals surface area contributed by atoms with Crippen molar-refractivity contribution in [2.75, 3.05) is 13.7 Å². The first-order chi connectivity index (χ1) is 18.1. The van der Waals surface area contributed by atoms with Crippen LogP contribution in [-0.4, -0.2) is 76.0 Å². The van der Waals surface area contributed by atoms with E-state index < -0.39 is 77.2 Å². The number of carbonyl (C=O) groups excluding carboxylic acids is 3. The largest absolute Gasteiger partial charge is 0.507 e. The van der Waals surface area contributed by atoms with Gasteiger partial charge in [0.25, 0.3) is 0 Å². The second kappa shape index (κ2) is 9.61. The van der Waals surface area contributed by atoms with Gasteiger partial charge < -0.3 is 40.4 Å². The summed E-state index contributed by atoms with van der Waals surface area (Å²) in [6, 6.07) is 3.77. The average Bonchev–Trinajstić information content (AvgIpc) is 2.90. The molecular formula is C27H27NO10. The van der Waals surface area contributed by atoms with Crippen molar-refractivity contribution in [3.8, 4) is 17.2 Å². The number of nitrogens with two attached hydrogens (primary N) is 1. The first kappa shape index (κ1) is 26.0. The first-order valence-electron chi connectivity index (χ1n) is 12.1. The van der Waals surface area contributed by atoms with E-state index in [4.69, 9.17) is 19.9 Å². The molecule has 0 spiro atoms. The number of aliphatic hydroxyl groups is 2. The van der Waals surface area contributed by atoms with E-state index in [9.17, 15) is 34.8 Å². The maximum absolute atomic E-state index is 13.6. The quantitative estimate of drug-likeness (QED) is 0.300. The van der Waals surface area contributed by atoms with Gasteiger partial charge in [-0.3, -0.25) is 14.4 Å². The van der Waals surface area contributed by atoms with Crippen LogP contribution < -0.4 is 10.5 Å². The third-order valence-electron chi connectivity index (χ3n) is 7.31. The third-order valence-corrected chi connectivity index (χ3v) is 7.31. The van der Waals surface area contributed by atoms with Gasteiger partial charge in [-0.2, -0.15) is 0 Å². The molecule has 2 aliphatic carbocycles. The second-order valence-corrected chi connectivity index (χ2v) is 9.56. The predicted molar refractivity (Wildman–Crippen MR) is 131 cm³/mol. The van der Waals surface area contributed by atoms with E-state index in [1.165, 1.54) is 31.4 Å². The zero-order valence-corrected chi connectivity index (χ0v) is 20.6. The summed E-state index contributed by atoms with van der Waals surface area (Å²) in [4.78, 5) is 39.5. The van der Waals surface area contributed by atoms with E-state index in [2.05, 4.69) is 0 Å². The van der Waals surface area contributed by atoms with Crippen molar-refractivity contribution in [2.24, 2.45) is 5.73 Å². The van der Waals surface area contributed by atoms with Gasteiger partial charge in [0.15, 0.2) is 17.9 Å². The number of benzene rings is 2. The summed E-state index contributed by atoms with van der Waals surface area (Å²) in [6.45, 7) is 0.800. The highest BCUT2D eigenvalue weighted by molar-refractivity contribution is 6.31. The maximum Gasteiger partial charge on any atom is 0.202 e. The Morgan fingerprint density at radius 1 is 1.13 bits per heavy atom. The molecule has 1 fully saturated rings. The SMILES string of the molecule is COc1cccc2c1C(=O)c1c(O)c3c(c(O)c1C2=O)C=C(C(=O)CO)CC3OC1CC(N)C(O)C(C)O1. The molecule has 2 aromatic rings. The molecule has 0 saturated carbocycles. The normalized spacial score (nSPS) is 26.2. The van der Waals surface area contributed by atoms with Crippen LogP contribution in [0.5, 0.6) is 17.2 Å². The number of carbonyl (C=O) groups is 3. The molecule has 2 aromatic carbocycles. The van der Waals surface area contributed by atoms with E-state index in [1.807, 2.05) is 0 Å². The molecule has 0 bridgehead atoms. The number of methoxy groups -OCH3 is 1. The van der Waals surface area contributed by atoms with E-state index in [0.717, 1.165) is 0 Å². The average molecular weight is 526 g/mol. The minimum absolute atomic E-state index is 0.00659. The minimum atomic E-state index is -1.13. The Kier molecular flexibility index (Phi) is 6.58. The summed E-state index contributed by atoms with van der Waals surface area (Å²) in [5, 5.41) is 42.3. The Bertz CT molecular complexity index is 1380. The van der Waals surface area contributed by atoms with Gasteiger partial charge in [0.1, 0.15) is 23.9 Å². The number of hydrogen-bond acceptors (Lipinski definition) is 11. The molecule has 5 rings (SSSR count). The van der Waals surface area contributed by atoms with Crippen LogP contribution in [0.15, 0.2) is 23.8 Å². The Morgan fingerprint density at radius 3 is 2.50 bits per heavy atom. The molecule has 0 radical (unpaired) electrons. The zero-order chi connectivity index (χ0) is 27.5. The molecule has 5 atom stereocenters. The molecule has 0 amide bonds. The molecule has 1 aliphatic heterocycles. The summed E-state index contributed by atoms with van der Waals surface area (Å²) < 4.78 is 17.1. The van der Waals surface area contributed by atoms with Gasteiger partial charge in [-0.05, 0) is 19.1 Å². The van der Waals surface area contributed by atoms with Crippen LogP contribution in [0.2, 0.25) is 0 Å². The number of hydrogen-bond donors (Lipinski definition) is 5. The minimum Gasteiger partial charge on any atom is -0.507 e. The van der Waals surface area contributed by atoms with E-state index >= 15 is 0 Å². The van der Waals surface area contributed by atoms with Gasteiger partial charge in [-0.25, -0.2) is 0 Å². The monoisotopic (exact) mass is 525 g/mol. The van der Waals surface area contributed by atoms with Gasteiger partial charge in [-0.15, -0.1) is 0 Å². The van der Waals surface area contributed by atoms with Gasteiger partial charge in [-0.1, -0.05) is 12.1 Å². The van der Waals surface area contributed by atoms with E-state index in [1.54, 1.807) is 6.92 Å². The second-order valence-electron chi connectivity index (χ2n) is 9.56. The van der Waals surface area contributed by atoms with Gasteiger partial charge in [0.05, 0.1) is 42.1 Å². The summed E-state index contributed by atoms with van der Waals surface area (Å²) in [6.07, 6.45) is -2.46. The number of ketones is 3. The van der Waals surface area contributed by atoms with E-state index in [-0.39, 0.29) is 46.4 Å². The molecule has 38 heavy (non-hydrogen) atoms. The van der Waals surface area contributed by atoms with Gasteiger partial charge >= 0.3 is 0 Å². The van der Waals surface area contributed by atoms with Crippen LogP contribution in [-0.2, 0) is 14.3 Å². The van der Waals surface area contributed by atoms with Gasteiger partial charge in [0, 0.05) is 41.1 Å². The number of Topliss-reactive ketones (excluding diaryl/α,β-unsaturated/α-hetero) is 1. The van der Waals surface area contributed by atoms with Crippen molar-refractivity contribution in [2.45, 2.75) is 50.4 Å². The Hall–Kier alpha value is -3.61. The summed E-state index contributed by atoms with van der Waals surface area (Å²) in [5.41, 5.74) is 5.10. The molecule has 1 saturated heterocycles. The number of rotatable bonds is 5. The standard InChI is InChI=1S/C27H27NO10/c1-10-23(31)14(28)8-18(37-10)38-17-7-11(15(30)9-29)6-13-20(17)27(35)22-21(25(13)33)24(32)12-4-3-5-16(36-2)19(12)26(22)34/h3-6,10,14,17-18,23,29,31,33,35H,7-9,28H2,1-2H3. The summed E-state index contributed by atoms with van der Waals surface area (Å²) >= 11 is 0. The third kappa shape index (κ3) is 3.91. The van der Waals surface area contributed by atoms with Crippen LogP contribution >= 0.6 is 0 Å². The number of fused-ring (bicyclic) bond motifs is 3. The lowest BCUT2D eigenvalue weighted by atomic mass is 9.77. The summed E-state index contributed by atoms with van der Waals surface area (Å²) in [7, 11) is 1.34. The number of aromatic hydroxyl groups is 2. The highest BCUT2D eigenvalue weighted by Crippen LogP contribution is 2.51. The van der Waals surface area contributed by atoms with Crippen molar-refractivity contribution in [1.29, 1.82) is 0 Å². The lowest BCUT2D eigenvalue weighted by Gasteiger charge is -2.38. The molecule has 3 aliphatic rings. The fourth-order valence-electron chi connectivity index (χ4n) is 5.36. The van der Waals surface area contributed by atoms with Gasteiger partial charge in [0.2, 0.25) is 5.78 Å². The van der Waals surface area contributed by atoms with E-state index in [0.29, 0.717) is 0 Å². The lowest BCUT2D eigenvalue weighted by Crippen LogP contribution is -2.51. The smallest absolute Gasteiger partial charge is 0.202 e. The van der Waals surface area contributed by atoms with Crippen molar-refractivity contribution in [1.82, 2.24) is 0 Å². The molecule has 11 nitrogen and oxygen atoms in total. The Labute approximate surface area is 217 Å². The van der Waals surface area contributed by atoms with Crippen molar-refractivity contribution in [3.63, 3.8) is 0 Å². The molecule has 1 heterocycles. The summed E-state index contributed by atoms with van der Waals surface area (Å²) in [5.74, 6) is -3.16. The van der Waals surface area contributed by atoms with Crippen molar-refractivity contribution >= 4 is 23.4 Å². The predicted octanol–water partition coefficient (Wildman–Crippen LogP) is 1.11. The zero-order valence-electron chi connectivity index (χ0n) is 20.6. The first-order valence-corrected chi connectivity index (χ1v) is 12.1. The number of phenolic OH excluding ortho intramolecular Hbond substituents is 2. The Balaban J connectivity index is 1.68. The molecular weight excluding hydrogens is 498 g/mol. The number of ether oxygens (including phenoxy) is 3. The van der Waals surface area contributed by atoms with Crippen molar-refractivity contribution < 1.29 is 49.0 Å². The molecule has 11 heteroatoms. The Morgan fingerprint density at radius 2 is 1.84 bits per heavy atom. The molecule has 5 unspecified atom stereocenters. The highest BCUT2D eigenvalue weighted by Gasteiger charge is 2.43. The maximum atomic E-state index is 13.6. The lowest BCUT2D eigenvalue weighted by molar-refractivity contribution is -0.240. The fourth-order valence-corrected chi connectivity index (χ4v) is 5.36. The highest BCUT2D eigenvalue weighted by atomic mass is 16.7. The van der Waals surface area contributed by atoms with Crippen LogP contribution in [0.1, 0.15) is 68.8 Å². The fraction of sp³-hybridized carbons (Fsp3) is 0.370. The van der Waals surface area contributed by atoms with Crippen LogP contribution in [0.4, 0.5) is 0 Å². The topological polar surface area (TPSA) is 186 Å². The number of phenols is 2.